The van der Waals surface area contributed by atoms with Gasteiger partial charge < -0.3 is 19.0 Å². The number of phenols is 1. The zero-order chi connectivity index (χ0) is 12.6. The zero-order valence-electron chi connectivity index (χ0n) is 9.73. The first-order valence-electron chi connectivity index (χ1n) is 4.96. The molecule has 0 saturated heterocycles. The van der Waals surface area contributed by atoms with Gasteiger partial charge in [0.1, 0.15) is 5.39 Å². The Bertz CT molecular complexity index is 627. The summed E-state index contributed by atoms with van der Waals surface area (Å²) >= 11 is 0. The molecule has 5 heteroatoms. The predicted octanol–water partition coefficient (Wildman–Crippen LogP) is 1.82. The summed E-state index contributed by atoms with van der Waals surface area (Å²) in [6.07, 6.45) is 1.34. The molecule has 0 saturated carbocycles. The molecule has 0 aliphatic rings. The minimum Gasteiger partial charge on any atom is -0.504 e. The number of hydrogen-bond acceptors (Lipinski definition) is 5. The summed E-state index contributed by atoms with van der Waals surface area (Å²) in [5.41, 5.74) is 0.205. The standard InChI is InChI=1S/C12H12O5/c1-6-5-17-12(14)9-7(6)4-8(13)10(15-2)11(9)16-3/h4-5,13H,1-3H3. The molecular weight excluding hydrogens is 224 g/mol. The summed E-state index contributed by atoms with van der Waals surface area (Å²) < 4.78 is 15.0. The van der Waals surface area contributed by atoms with Gasteiger partial charge in [0.2, 0.25) is 5.75 Å². The lowest BCUT2D eigenvalue weighted by molar-refractivity contribution is 0.335. The van der Waals surface area contributed by atoms with Crippen LogP contribution >= 0.6 is 0 Å². The van der Waals surface area contributed by atoms with Gasteiger partial charge in [-0.25, -0.2) is 4.79 Å². The molecule has 0 radical (unpaired) electrons. The van der Waals surface area contributed by atoms with Crippen molar-refractivity contribution in [2.45, 2.75) is 6.92 Å². The highest BCUT2D eigenvalue weighted by Crippen LogP contribution is 2.41. The predicted molar refractivity (Wildman–Crippen MR) is 62.0 cm³/mol. The van der Waals surface area contributed by atoms with E-state index in [4.69, 9.17) is 13.9 Å². The average Bonchev–Trinajstić information content (AvgIpc) is 2.32. The Morgan fingerprint density at radius 2 is 1.88 bits per heavy atom. The van der Waals surface area contributed by atoms with Gasteiger partial charge in [-0.2, -0.15) is 0 Å². The lowest BCUT2D eigenvalue weighted by atomic mass is 10.1. The van der Waals surface area contributed by atoms with Crippen LogP contribution in [0.15, 0.2) is 21.5 Å². The monoisotopic (exact) mass is 236 g/mol. The summed E-state index contributed by atoms with van der Waals surface area (Å²) in [6, 6.07) is 1.46. The normalized spacial score (nSPS) is 10.5. The van der Waals surface area contributed by atoms with Gasteiger partial charge in [0.25, 0.3) is 0 Å². The first kappa shape index (κ1) is 11.3. The largest absolute Gasteiger partial charge is 0.504 e. The fourth-order valence-electron chi connectivity index (χ4n) is 1.80. The maximum absolute atomic E-state index is 11.7. The third kappa shape index (κ3) is 1.60. The van der Waals surface area contributed by atoms with Crippen LogP contribution in [-0.4, -0.2) is 19.3 Å². The lowest BCUT2D eigenvalue weighted by Crippen LogP contribution is -2.04. The number of rotatable bonds is 2. The van der Waals surface area contributed by atoms with Crippen molar-refractivity contribution in [1.29, 1.82) is 0 Å². The van der Waals surface area contributed by atoms with Crippen molar-refractivity contribution in [3.8, 4) is 17.2 Å². The highest BCUT2D eigenvalue weighted by atomic mass is 16.5. The summed E-state index contributed by atoms with van der Waals surface area (Å²) in [7, 11) is 2.79. The number of hydrogen-bond donors (Lipinski definition) is 1. The van der Waals surface area contributed by atoms with E-state index in [0.29, 0.717) is 5.39 Å². The lowest BCUT2D eigenvalue weighted by Gasteiger charge is -2.12. The Balaban J connectivity index is 3.04. The summed E-state index contributed by atoms with van der Waals surface area (Å²) in [6.45, 7) is 1.77. The van der Waals surface area contributed by atoms with E-state index in [1.165, 1.54) is 26.5 Å². The molecule has 2 aromatic rings. The van der Waals surface area contributed by atoms with E-state index < -0.39 is 5.63 Å². The molecule has 1 aromatic carbocycles. The van der Waals surface area contributed by atoms with Gasteiger partial charge in [0.15, 0.2) is 11.5 Å². The minimum atomic E-state index is -0.527. The second-order valence-electron chi connectivity index (χ2n) is 3.59. The second-order valence-corrected chi connectivity index (χ2v) is 3.59. The quantitative estimate of drug-likeness (QED) is 0.861. The molecular formula is C12H12O5. The number of methoxy groups -OCH3 is 2. The number of ether oxygens (including phenoxy) is 2. The topological polar surface area (TPSA) is 68.9 Å². The van der Waals surface area contributed by atoms with Crippen LogP contribution in [0.3, 0.4) is 0 Å². The Labute approximate surface area is 97.2 Å². The third-order valence-electron chi connectivity index (χ3n) is 2.60. The second kappa shape index (κ2) is 4.01. The molecule has 17 heavy (non-hydrogen) atoms. The van der Waals surface area contributed by atoms with Gasteiger partial charge >= 0.3 is 5.63 Å². The average molecular weight is 236 g/mol. The van der Waals surface area contributed by atoms with Crippen LogP contribution in [0.5, 0.6) is 17.2 Å². The molecule has 0 bridgehead atoms. The van der Waals surface area contributed by atoms with Crippen molar-refractivity contribution in [3.05, 3.63) is 28.3 Å². The summed E-state index contributed by atoms with van der Waals surface area (Å²) in [5, 5.41) is 10.6. The van der Waals surface area contributed by atoms with Crippen molar-refractivity contribution in [2.75, 3.05) is 14.2 Å². The summed E-state index contributed by atoms with van der Waals surface area (Å²) in [5.74, 6) is 0.225. The van der Waals surface area contributed by atoms with Gasteiger partial charge in [-0.3, -0.25) is 0 Å². The van der Waals surface area contributed by atoms with E-state index in [9.17, 15) is 9.90 Å². The Hall–Kier alpha value is -2.17. The van der Waals surface area contributed by atoms with Crippen LogP contribution in [0.1, 0.15) is 5.56 Å². The smallest absolute Gasteiger partial charge is 0.347 e. The molecule has 90 valence electrons. The highest BCUT2D eigenvalue weighted by Gasteiger charge is 2.18. The van der Waals surface area contributed by atoms with Gasteiger partial charge in [0, 0.05) is 5.39 Å². The van der Waals surface area contributed by atoms with E-state index in [-0.39, 0.29) is 22.6 Å². The molecule has 1 heterocycles. The van der Waals surface area contributed by atoms with Crippen molar-refractivity contribution < 1.29 is 19.0 Å². The van der Waals surface area contributed by atoms with Gasteiger partial charge in [0.05, 0.1) is 20.5 Å². The maximum atomic E-state index is 11.7. The Morgan fingerprint density at radius 1 is 1.24 bits per heavy atom. The Morgan fingerprint density at radius 3 is 2.47 bits per heavy atom. The molecule has 0 fully saturated rings. The first-order valence-corrected chi connectivity index (χ1v) is 4.96. The van der Waals surface area contributed by atoms with Gasteiger partial charge in [-0.1, -0.05) is 0 Å². The van der Waals surface area contributed by atoms with E-state index in [0.717, 1.165) is 5.56 Å². The number of phenolic OH excluding ortho intramolecular Hbond substituents is 1. The third-order valence-corrected chi connectivity index (χ3v) is 2.60. The van der Waals surface area contributed by atoms with Gasteiger partial charge in [-0.15, -0.1) is 0 Å². The number of benzene rings is 1. The minimum absolute atomic E-state index is 0.0782. The van der Waals surface area contributed by atoms with Crippen LogP contribution in [0.4, 0.5) is 0 Å². The summed E-state index contributed by atoms with van der Waals surface area (Å²) in [4.78, 5) is 11.7. The molecule has 0 unspecified atom stereocenters. The van der Waals surface area contributed by atoms with E-state index in [1.54, 1.807) is 6.92 Å². The van der Waals surface area contributed by atoms with Crippen LogP contribution < -0.4 is 15.1 Å². The number of aromatic hydroxyl groups is 1. The van der Waals surface area contributed by atoms with Crippen LogP contribution in [0.2, 0.25) is 0 Å². The molecule has 1 N–H and O–H groups in total. The van der Waals surface area contributed by atoms with Crippen LogP contribution in [0, 0.1) is 6.92 Å². The zero-order valence-corrected chi connectivity index (χ0v) is 9.73. The van der Waals surface area contributed by atoms with Crippen molar-refractivity contribution in [2.24, 2.45) is 0 Å². The Kier molecular flexibility index (Phi) is 2.67. The SMILES string of the molecule is COc1c(O)cc2c(C)coc(=O)c2c1OC. The number of aryl methyl sites for hydroxylation is 1. The maximum Gasteiger partial charge on any atom is 0.347 e. The molecule has 0 atom stereocenters. The van der Waals surface area contributed by atoms with Crippen molar-refractivity contribution in [3.63, 3.8) is 0 Å². The molecule has 0 spiro atoms. The molecule has 0 aliphatic heterocycles. The first-order chi connectivity index (χ1) is 8.10. The van der Waals surface area contributed by atoms with E-state index >= 15 is 0 Å². The van der Waals surface area contributed by atoms with Crippen LogP contribution in [0.25, 0.3) is 10.8 Å². The fourth-order valence-corrected chi connectivity index (χ4v) is 1.80. The van der Waals surface area contributed by atoms with Crippen LogP contribution in [-0.2, 0) is 0 Å². The van der Waals surface area contributed by atoms with Crippen molar-refractivity contribution >= 4 is 10.8 Å². The molecule has 1 aromatic heterocycles. The molecule has 2 rings (SSSR count). The highest BCUT2D eigenvalue weighted by molar-refractivity contribution is 5.93. The van der Waals surface area contributed by atoms with Crippen molar-refractivity contribution in [1.82, 2.24) is 0 Å². The van der Waals surface area contributed by atoms with E-state index in [2.05, 4.69) is 0 Å². The van der Waals surface area contributed by atoms with Gasteiger partial charge in [-0.05, 0) is 18.6 Å². The fraction of sp³-hybridized carbons (Fsp3) is 0.250. The number of fused-ring (bicyclic) bond motifs is 1. The molecule has 0 aliphatic carbocycles. The molecule has 0 amide bonds. The van der Waals surface area contributed by atoms with E-state index in [1.807, 2.05) is 0 Å². The molecule has 5 nitrogen and oxygen atoms in total.